The Morgan fingerprint density at radius 3 is 2.89 bits per heavy atom. The van der Waals surface area contributed by atoms with Crippen LogP contribution in [-0.2, 0) is 16.0 Å². The molecule has 0 radical (unpaired) electrons. The number of aryl methyl sites for hydroxylation is 2. The van der Waals surface area contributed by atoms with Crippen LogP contribution in [0.3, 0.4) is 0 Å². The SMILES string of the molecule is COCCN1CC(Cc2ccc(C)c(C)n2)CC1=O. The van der Waals surface area contributed by atoms with Gasteiger partial charge in [-0.3, -0.25) is 9.78 Å². The monoisotopic (exact) mass is 262 g/mol. The lowest BCUT2D eigenvalue weighted by atomic mass is 10.0. The van der Waals surface area contributed by atoms with Crippen molar-refractivity contribution < 1.29 is 9.53 Å². The fourth-order valence-corrected chi connectivity index (χ4v) is 2.50. The third-order valence-electron chi connectivity index (χ3n) is 3.77. The normalized spacial score (nSPS) is 19.2. The summed E-state index contributed by atoms with van der Waals surface area (Å²) in [6.07, 6.45) is 1.52. The number of aromatic nitrogens is 1. The summed E-state index contributed by atoms with van der Waals surface area (Å²) in [7, 11) is 1.66. The Labute approximate surface area is 114 Å². The molecule has 0 aromatic carbocycles. The highest BCUT2D eigenvalue weighted by molar-refractivity contribution is 5.78. The van der Waals surface area contributed by atoms with Crippen LogP contribution in [-0.4, -0.2) is 42.6 Å². The molecule has 1 unspecified atom stereocenters. The van der Waals surface area contributed by atoms with Crippen molar-refractivity contribution in [3.05, 3.63) is 29.1 Å². The quantitative estimate of drug-likeness (QED) is 0.811. The fourth-order valence-electron chi connectivity index (χ4n) is 2.50. The summed E-state index contributed by atoms with van der Waals surface area (Å²) in [4.78, 5) is 18.3. The van der Waals surface area contributed by atoms with Crippen LogP contribution in [0.4, 0.5) is 0 Å². The summed E-state index contributed by atoms with van der Waals surface area (Å²) >= 11 is 0. The first kappa shape index (κ1) is 14.0. The number of ether oxygens (including phenoxy) is 1. The van der Waals surface area contributed by atoms with Crippen LogP contribution in [0.25, 0.3) is 0 Å². The smallest absolute Gasteiger partial charge is 0.223 e. The van der Waals surface area contributed by atoms with Crippen molar-refractivity contribution in [1.29, 1.82) is 0 Å². The Balaban J connectivity index is 1.93. The van der Waals surface area contributed by atoms with Crippen LogP contribution in [0, 0.1) is 19.8 Å². The zero-order chi connectivity index (χ0) is 13.8. The Hall–Kier alpha value is -1.42. The summed E-state index contributed by atoms with van der Waals surface area (Å²) in [6, 6.07) is 4.18. The molecule has 0 aliphatic carbocycles. The lowest BCUT2D eigenvalue weighted by molar-refractivity contribution is -0.128. The highest BCUT2D eigenvalue weighted by atomic mass is 16.5. The molecule has 0 N–H and O–H groups in total. The molecule has 1 aliphatic rings. The molecule has 4 nitrogen and oxygen atoms in total. The molecule has 2 rings (SSSR count). The van der Waals surface area contributed by atoms with Gasteiger partial charge in [0.25, 0.3) is 0 Å². The number of likely N-dealkylation sites (tertiary alicyclic amines) is 1. The van der Waals surface area contributed by atoms with Crippen molar-refractivity contribution in [2.75, 3.05) is 26.8 Å². The van der Waals surface area contributed by atoms with Gasteiger partial charge in [-0.25, -0.2) is 0 Å². The van der Waals surface area contributed by atoms with E-state index in [4.69, 9.17) is 4.74 Å². The molecule has 1 fully saturated rings. The molecule has 0 spiro atoms. The van der Waals surface area contributed by atoms with E-state index in [1.54, 1.807) is 7.11 Å². The number of rotatable bonds is 5. The maximum absolute atomic E-state index is 11.9. The third-order valence-corrected chi connectivity index (χ3v) is 3.77. The van der Waals surface area contributed by atoms with Crippen molar-refractivity contribution >= 4 is 5.91 Å². The summed E-state index contributed by atoms with van der Waals surface area (Å²) in [5.74, 6) is 0.629. The number of carbonyl (C=O) groups is 1. The molecule has 0 saturated carbocycles. The number of hydrogen-bond donors (Lipinski definition) is 0. The standard InChI is InChI=1S/C15H22N2O2/c1-11-4-5-14(16-12(11)2)8-13-9-15(18)17(10-13)6-7-19-3/h4-5,13H,6-10H2,1-3H3. The zero-order valence-corrected chi connectivity index (χ0v) is 12.0. The van der Waals surface area contributed by atoms with Gasteiger partial charge in [0.2, 0.25) is 5.91 Å². The van der Waals surface area contributed by atoms with Gasteiger partial charge in [-0.1, -0.05) is 6.07 Å². The number of methoxy groups -OCH3 is 1. The van der Waals surface area contributed by atoms with E-state index < -0.39 is 0 Å². The molecule has 4 heteroatoms. The maximum Gasteiger partial charge on any atom is 0.223 e. The van der Waals surface area contributed by atoms with Crippen LogP contribution < -0.4 is 0 Å². The van der Waals surface area contributed by atoms with Crippen molar-refractivity contribution in [2.24, 2.45) is 5.92 Å². The zero-order valence-electron chi connectivity index (χ0n) is 12.0. The molecule has 0 bridgehead atoms. The second kappa shape index (κ2) is 6.15. The molecule has 1 aliphatic heterocycles. The van der Waals surface area contributed by atoms with Crippen LogP contribution in [0.1, 0.15) is 23.4 Å². The van der Waals surface area contributed by atoms with E-state index in [0.717, 1.165) is 24.4 Å². The van der Waals surface area contributed by atoms with E-state index in [1.165, 1.54) is 5.56 Å². The highest BCUT2D eigenvalue weighted by Gasteiger charge is 2.29. The molecule has 1 aromatic rings. The van der Waals surface area contributed by atoms with Crippen molar-refractivity contribution in [1.82, 2.24) is 9.88 Å². The van der Waals surface area contributed by atoms with Gasteiger partial charge in [0.1, 0.15) is 0 Å². The summed E-state index contributed by atoms with van der Waals surface area (Å²) in [5.41, 5.74) is 3.39. The van der Waals surface area contributed by atoms with Gasteiger partial charge in [0.15, 0.2) is 0 Å². The van der Waals surface area contributed by atoms with E-state index >= 15 is 0 Å². The largest absolute Gasteiger partial charge is 0.383 e. The number of amides is 1. The molecule has 2 heterocycles. The van der Waals surface area contributed by atoms with Gasteiger partial charge in [-0.15, -0.1) is 0 Å². The predicted molar refractivity (Wildman–Crippen MR) is 74.0 cm³/mol. The third kappa shape index (κ3) is 3.53. The van der Waals surface area contributed by atoms with Crippen LogP contribution >= 0.6 is 0 Å². The van der Waals surface area contributed by atoms with Gasteiger partial charge >= 0.3 is 0 Å². The minimum Gasteiger partial charge on any atom is -0.383 e. The fraction of sp³-hybridized carbons (Fsp3) is 0.600. The number of nitrogens with zero attached hydrogens (tertiary/aromatic N) is 2. The summed E-state index contributed by atoms with van der Waals surface area (Å²) in [6.45, 7) is 6.24. The van der Waals surface area contributed by atoms with Crippen molar-refractivity contribution in [3.8, 4) is 0 Å². The predicted octanol–water partition coefficient (Wildman–Crippen LogP) is 1.74. The van der Waals surface area contributed by atoms with Crippen LogP contribution in [0.2, 0.25) is 0 Å². The molecule has 1 saturated heterocycles. The first-order valence-corrected chi connectivity index (χ1v) is 6.80. The van der Waals surface area contributed by atoms with E-state index in [9.17, 15) is 4.79 Å². The molecule has 19 heavy (non-hydrogen) atoms. The number of hydrogen-bond acceptors (Lipinski definition) is 3. The lowest BCUT2D eigenvalue weighted by Gasteiger charge is -2.15. The second-order valence-electron chi connectivity index (χ2n) is 5.31. The Morgan fingerprint density at radius 1 is 1.42 bits per heavy atom. The Bertz CT molecular complexity index is 459. The highest BCUT2D eigenvalue weighted by Crippen LogP contribution is 2.21. The minimum absolute atomic E-state index is 0.242. The first-order valence-electron chi connectivity index (χ1n) is 6.80. The van der Waals surface area contributed by atoms with Gasteiger partial charge in [0.05, 0.1) is 6.61 Å². The average Bonchev–Trinajstić information content (AvgIpc) is 2.72. The van der Waals surface area contributed by atoms with Crippen molar-refractivity contribution in [3.63, 3.8) is 0 Å². The molecular formula is C15H22N2O2. The Morgan fingerprint density at radius 2 is 2.21 bits per heavy atom. The van der Waals surface area contributed by atoms with E-state index in [0.29, 0.717) is 25.5 Å². The van der Waals surface area contributed by atoms with Gasteiger partial charge in [0, 0.05) is 38.0 Å². The average molecular weight is 262 g/mol. The molecule has 1 atom stereocenters. The van der Waals surface area contributed by atoms with Gasteiger partial charge < -0.3 is 9.64 Å². The number of carbonyl (C=O) groups excluding carboxylic acids is 1. The molecular weight excluding hydrogens is 240 g/mol. The molecule has 104 valence electrons. The van der Waals surface area contributed by atoms with E-state index in [1.807, 2.05) is 11.8 Å². The maximum atomic E-state index is 11.9. The summed E-state index contributed by atoms with van der Waals surface area (Å²) < 4.78 is 5.03. The van der Waals surface area contributed by atoms with Gasteiger partial charge in [-0.2, -0.15) is 0 Å². The lowest BCUT2D eigenvalue weighted by Crippen LogP contribution is -2.29. The second-order valence-corrected chi connectivity index (χ2v) is 5.31. The van der Waals surface area contributed by atoms with Crippen LogP contribution in [0.5, 0.6) is 0 Å². The molecule has 1 aromatic heterocycles. The summed E-state index contributed by atoms with van der Waals surface area (Å²) in [5, 5.41) is 0. The first-order chi connectivity index (χ1) is 9.10. The van der Waals surface area contributed by atoms with Crippen molar-refractivity contribution in [2.45, 2.75) is 26.7 Å². The molecule has 1 amide bonds. The van der Waals surface area contributed by atoms with Gasteiger partial charge in [-0.05, 0) is 37.8 Å². The minimum atomic E-state index is 0.242. The Kier molecular flexibility index (Phi) is 4.53. The van der Waals surface area contributed by atoms with E-state index in [-0.39, 0.29) is 5.91 Å². The topological polar surface area (TPSA) is 42.4 Å². The van der Waals surface area contributed by atoms with Crippen LogP contribution in [0.15, 0.2) is 12.1 Å². The van der Waals surface area contributed by atoms with E-state index in [2.05, 4.69) is 24.0 Å². The number of pyridine rings is 1.